The molecule has 15 heavy (non-hydrogen) atoms. The van der Waals surface area contributed by atoms with Gasteiger partial charge >= 0.3 is 0 Å². The van der Waals surface area contributed by atoms with Crippen molar-refractivity contribution in [2.75, 3.05) is 20.3 Å². The summed E-state index contributed by atoms with van der Waals surface area (Å²) in [6.07, 6.45) is 3.47. The number of hydrogen-bond donors (Lipinski definition) is 1. The van der Waals surface area contributed by atoms with E-state index >= 15 is 0 Å². The lowest BCUT2D eigenvalue weighted by Crippen LogP contribution is -2.02. The van der Waals surface area contributed by atoms with Crippen molar-refractivity contribution >= 4 is 11.0 Å². The van der Waals surface area contributed by atoms with Crippen LogP contribution in [0.2, 0.25) is 0 Å². The molecule has 0 saturated carbocycles. The maximum atomic E-state index is 5.35. The number of fused-ring (bicyclic) bond motifs is 1. The first-order valence-corrected chi connectivity index (χ1v) is 4.75. The molecular weight excluding hydrogens is 194 g/mol. The highest BCUT2D eigenvalue weighted by Crippen LogP contribution is 2.08. The lowest BCUT2D eigenvalue weighted by atomic mass is 10.4. The third-order valence-electron chi connectivity index (χ3n) is 2.00. The lowest BCUT2D eigenvalue weighted by molar-refractivity contribution is 0.0590. The summed E-state index contributed by atoms with van der Waals surface area (Å²) in [6.45, 7) is 1.64. The van der Waals surface area contributed by atoms with Crippen LogP contribution in [0.1, 0.15) is 5.82 Å². The second-order valence-electron chi connectivity index (χ2n) is 3.12. The van der Waals surface area contributed by atoms with E-state index in [1.54, 1.807) is 19.5 Å². The summed E-state index contributed by atoms with van der Waals surface area (Å²) in [7, 11) is 1.65. The average molecular weight is 207 g/mol. The molecule has 2 heterocycles. The van der Waals surface area contributed by atoms with E-state index in [1.807, 2.05) is 6.07 Å². The Morgan fingerprint density at radius 3 is 3.13 bits per heavy atom. The first-order valence-electron chi connectivity index (χ1n) is 4.75. The molecular formula is C10H13N3O2. The van der Waals surface area contributed by atoms with Gasteiger partial charge in [-0.2, -0.15) is 0 Å². The van der Waals surface area contributed by atoms with Crippen LogP contribution >= 0.6 is 0 Å². The zero-order valence-corrected chi connectivity index (χ0v) is 8.56. The van der Waals surface area contributed by atoms with Gasteiger partial charge in [0, 0.05) is 13.3 Å². The van der Waals surface area contributed by atoms with Gasteiger partial charge in [-0.15, -0.1) is 0 Å². The SMILES string of the molecule is COCCOCc1nc2ccncc2[nH]1. The molecule has 80 valence electrons. The van der Waals surface area contributed by atoms with E-state index in [2.05, 4.69) is 15.0 Å². The minimum absolute atomic E-state index is 0.470. The first kappa shape index (κ1) is 10.1. The largest absolute Gasteiger partial charge is 0.382 e. The molecule has 2 aromatic heterocycles. The van der Waals surface area contributed by atoms with E-state index in [0.717, 1.165) is 16.9 Å². The first-order chi connectivity index (χ1) is 7.40. The van der Waals surface area contributed by atoms with Crippen LogP contribution in [0.3, 0.4) is 0 Å². The number of ether oxygens (including phenoxy) is 2. The van der Waals surface area contributed by atoms with Gasteiger partial charge in [-0.25, -0.2) is 4.98 Å². The van der Waals surface area contributed by atoms with Crippen LogP contribution in [-0.4, -0.2) is 35.3 Å². The number of aromatic amines is 1. The number of nitrogens with one attached hydrogen (secondary N) is 1. The van der Waals surface area contributed by atoms with Crippen molar-refractivity contribution < 1.29 is 9.47 Å². The summed E-state index contributed by atoms with van der Waals surface area (Å²) in [4.78, 5) is 11.5. The molecule has 0 unspecified atom stereocenters. The van der Waals surface area contributed by atoms with Crippen molar-refractivity contribution in [3.8, 4) is 0 Å². The Bertz CT molecular complexity index is 394. The molecule has 0 bridgehead atoms. The second kappa shape index (κ2) is 4.86. The van der Waals surface area contributed by atoms with E-state index in [0.29, 0.717) is 19.8 Å². The highest BCUT2D eigenvalue weighted by Gasteiger charge is 2.01. The average Bonchev–Trinajstić information content (AvgIpc) is 2.67. The zero-order valence-electron chi connectivity index (χ0n) is 8.56. The molecule has 0 fully saturated rings. The molecule has 2 rings (SSSR count). The standard InChI is InChI=1S/C10H13N3O2/c1-14-4-5-15-7-10-12-8-2-3-11-6-9(8)13-10/h2-3,6H,4-5,7H2,1H3,(H,12,13). The van der Waals surface area contributed by atoms with Gasteiger partial charge in [0.05, 0.1) is 30.4 Å². The van der Waals surface area contributed by atoms with Crippen LogP contribution in [0.5, 0.6) is 0 Å². The molecule has 0 aliphatic heterocycles. The van der Waals surface area contributed by atoms with Crippen LogP contribution in [0.4, 0.5) is 0 Å². The van der Waals surface area contributed by atoms with Gasteiger partial charge in [-0.05, 0) is 6.07 Å². The quantitative estimate of drug-likeness (QED) is 0.746. The minimum Gasteiger partial charge on any atom is -0.382 e. The van der Waals surface area contributed by atoms with Gasteiger partial charge in [0.25, 0.3) is 0 Å². The maximum Gasteiger partial charge on any atom is 0.133 e. The van der Waals surface area contributed by atoms with Crippen LogP contribution < -0.4 is 0 Å². The van der Waals surface area contributed by atoms with Crippen LogP contribution in [0, 0.1) is 0 Å². The van der Waals surface area contributed by atoms with E-state index in [1.165, 1.54) is 0 Å². The Morgan fingerprint density at radius 2 is 2.33 bits per heavy atom. The Morgan fingerprint density at radius 1 is 1.40 bits per heavy atom. The van der Waals surface area contributed by atoms with Crippen molar-refractivity contribution in [3.05, 3.63) is 24.3 Å². The summed E-state index contributed by atoms with van der Waals surface area (Å²) in [5.41, 5.74) is 1.85. The number of nitrogens with zero attached hydrogens (tertiary/aromatic N) is 2. The topological polar surface area (TPSA) is 60.0 Å². The fourth-order valence-corrected chi connectivity index (χ4v) is 1.29. The molecule has 0 spiro atoms. The number of pyridine rings is 1. The van der Waals surface area contributed by atoms with Crippen molar-refractivity contribution in [1.82, 2.24) is 15.0 Å². The molecule has 1 N–H and O–H groups in total. The number of methoxy groups -OCH3 is 1. The monoisotopic (exact) mass is 207 g/mol. The number of rotatable bonds is 5. The van der Waals surface area contributed by atoms with Crippen LogP contribution in [0.15, 0.2) is 18.5 Å². The Hall–Kier alpha value is -1.46. The predicted octanol–water partition coefficient (Wildman–Crippen LogP) is 1.12. The maximum absolute atomic E-state index is 5.35. The number of aromatic nitrogens is 3. The summed E-state index contributed by atoms with van der Waals surface area (Å²) >= 11 is 0. The zero-order chi connectivity index (χ0) is 10.5. The van der Waals surface area contributed by atoms with Gasteiger partial charge in [-0.3, -0.25) is 4.98 Å². The molecule has 2 aromatic rings. The fraction of sp³-hybridized carbons (Fsp3) is 0.400. The van der Waals surface area contributed by atoms with E-state index in [4.69, 9.17) is 9.47 Å². The lowest BCUT2D eigenvalue weighted by Gasteiger charge is -1.99. The Balaban J connectivity index is 1.97. The molecule has 0 radical (unpaired) electrons. The molecule has 0 atom stereocenters. The van der Waals surface area contributed by atoms with Gasteiger partial charge < -0.3 is 14.5 Å². The Labute approximate surface area is 87.4 Å². The highest BCUT2D eigenvalue weighted by atomic mass is 16.5. The summed E-state index contributed by atoms with van der Waals surface area (Å²) in [5, 5.41) is 0. The second-order valence-corrected chi connectivity index (χ2v) is 3.12. The van der Waals surface area contributed by atoms with E-state index < -0.39 is 0 Å². The smallest absolute Gasteiger partial charge is 0.133 e. The van der Waals surface area contributed by atoms with Crippen molar-refractivity contribution in [2.24, 2.45) is 0 Å². The van der Waals surface area contributed by atoms with Crippen molar-refractivity contribution in [2.45, 2.75) is 6.61 Å². The van der Waals surface area contributed by atoms with E-state index in [-0.39, 0.29) is 0 Å². The summed E-state index contributed by atoms with van der Waals surface area (Å²) in [6, 6.07) is 1.87. The molecule has 0 saturated heterocycles. The molecule has 0 aliphatic carbocycles. The fourth-order valence-electron chi connectivity index (χ4n) is 1.29. The van der Waals surface area contributed by atoms with Gasteiger partial charge in [0.1, 0.15) is 12.4 Å². The third kappa shape index (κ3) is 2.51. The van der Waals surface area contributed by atoms with Gasteiger partial charge in [-0.1, -0.05) is 0 Å². The summed E-state index contributed by atoms with van der Waals surface area (Å²) < 4.78 is 10.2. The third-order valence-corrected chi connectivity index (χ3v) is 2.00. The molecule has 0 aromatic carbocycles. The van der Waals surface area contributed by atoms with Gasteiger partial charge in [0.2, 0.25) is 0 Å². The molecule has 5 nitrogen and oxygen atoms in total. The summed E-state index contributed by atoms with van der Waals surface area (Å²) in [5.74, 6) is 0.814. The van der Waals surface area contributed by atoms with Crippen molar-refractivity contribution in [1.29, 1.82) is 0 Å². The van der Waals surface area contributed by atoms with Crippen LogP contribution in [0.25, 0.3) is 11.0 Å². The molecule has 0 aliphatic rings. The van der Waals surface area contributed by atoms with Crippen molar-refractivity contribution in [3.63, 3.8) is 0 Å². The van der Waals surface area contributed by atoms with Crippen LogP contribution in [-0.2, 0) is 16.1 Å². The number of hydrogen-bond acceptors (Lipinski definition) is 4. The number of imidazole rings is 1. The highest BCUT2D eigenvalue weighted by molar-refractivity contribution is 5.73. The normalized spacial score (nSPS) is 11.0. The Kier molecular flexibility index (Phi) is 3.26. The predicted molar refractivity (Wildman–Crippen MR) is 55.4 cm³/mol. The van der Waals surface area contributed by atoms with E-state index in [9.17, 15) is 0 Å². The molecule has 5 heteroatoms. The molecule has 0 amide bonds. The minimum atomic E-state index is 0.470. The number of H-pyrrole nitrogens is 1. The van der Waals surface area contributed by atoms with Gasteiger partial charge in [0.15, 0.2) is 0 Å².